The van der Waals surface area contributed by atoms with Gasteiger partial charge in [-0.15, -0.1) is 0 Å². The average molecular weight is 407 g/mol. The lowest BCUT2D eigenvalue weighted by atomic mass is 9.96. The molecule has 0 saturated heterocycles. The van der Waals surface area contributed by atoms with E-state index in [1.807, 2.05) is 30.8 Å². The third-order valence-corrected chi connectivity index (χ3v) is 5.29. The summed E-state index contributed by atoms with van der Waals surface area (Å²) in [4.78, 5) is 0. The highest BCUT2D eigenvalue weighted by Gasteiger charge is 2.17. The normalized spacial score (nSPS) is 12.7. The Labute approximate surface area is 135 Å². The molecule has 1 atom stereocenters. The Hall–Kier alpha value is -0.320. The predicted molar refractivity (Wildman–Crippen MR) is 87.3 cm³/mol. The van der Waals surface area contributed by atoms with Gasteiger partial charge in [0.2, 0.25) is 0 Å². The minimum absolute atomic E-state index is 0.406. The number of aromatic nitrogens is 2. The molecule has 0 aliphatic carbocycles. The van der Waals surface area contributed by atoms with E-state index in [1.54, 1.807) is 0 Å². The monoisotopic (exact) mass is 404 g/mol. The first-order valence-electron chi connectivity index (χ1n) is 6.02. The number of nitrogens with zero attached hydrogens (tertiary/aromatic N) is 2. The molecule has 0 radical (unpaired) electrons. The zero-order valence-corrected chi connectivity index (χ0v) is 14.8. The third-order valence-electron chi connectivity index (χ3n) is 3.23. The van der Waals surface area contributed by atoms with Gasteiger partial charge in [-0.05, 0) is 52.9 Å². The zero-order chi connectivity index (χ0) is 14.0. The van der Waals surface area contributed by atoms with E-state index in [1.165, 1.54) is 11.3 Å². The topological polar surface area (TPSA) is 17.8 Å². The van der Waals surface area contributed by atoms with E-state index < -0.39 is 0 Å². The molecule has 102 valence electrons. The lowest BCUT2D eigenvalue weighted by Gasteiger charge is -2.15. The minimum Gasteiger partial charge on any atom is -0.271 e. The zero-order valence-electron chi connectivity index (χ0n) is 10.8. The molecule has 0 aliphatic heterocycles. The highest BCUT2D eigenvalue weighted by molar-refractivity contribution is 9.10. The van der Waals surface area contributed by atoms with Gasteiger partial charge in [0.1, 0.15) is 0 Å². The molecule has 0 bridgehead atoms. The molecule has 1 heterocycles. The number of hydrogen-bond donors (Lipinski definition) is 0. The van der Waals surface area contributed by atoms with Crippen LogP contribution < -0.4 is 0 Å². The van der Waals surface area contributed by atoms with Gasteiger partial charge in [0.15, 0.2) is 0 Å². The van der Waals surface area contributed by atoms with Crippen molar-refractivity contribution in [2.75, 3.05) is 5.33 Å². The number of alkyl halides is 1. The number of rotatable bonds is 4. The second-order valence-corrected chi connectivity index (χ2v) is 6.45. The van der Waals surface area contributed by atoms with Gasteiger partial charge in [0, 0.05) is 17.4 Å². The Bertz CT molecular complexity index is 564. The van der Waals surface area contributed by atoms with Gasteiger partial charge < -0.3 is 0 Å². The van der Waals surface area contributed by atoms with Crippen LogP contribution in [0.5, 0.6) is 0 Å². The maximum Gasteiger partial charge on any atom is 0.0738 e. The molecule has 2 nitrogen and oxygen atoms in total. The molecule has 2 aromatic rings. The number of aryl methyl sites for hydroxylation is 2. The van der Waals surface area contributed by atoms with Crippen LogP contribution in [0.3, 0.4) is 0 Å². The molecule has 0 fully saturated rings. The van der Waals surface area contributed by atoms with Gasteiger partial charge in [-0.3, -0.25) is 4.68 Å². The lowest BCUT2D eigenvalue weighted by Crippen LogP contribution is -2.08. The fraction of sp³-hybridized carbons (Fsp3) is 0.357. The standard InChI is InChI=1S/C14H15Br2ClN2/c1-9-14(16)13(19(2)18-9)7-11(8-15)10-3-5-12(17)6-4-10/h3-6,11H,7-8H2,1-2H3. The van der Waals surface area contributed by atoms with Crippen LogP contribution >= 0.6 is 43.5 Å². The fourth-order valence-corrected chi connectivity index (χ4v) is 3.36. The molecule has 1 unspecified atom stereocenters. The van der Waals surface area contributed by atoms with Crippen molar-refractivity contribution in [3.63, 3.8) is 0 Å². The molecule has 0 saturated carbocycles. The van der Waals surface area contributed by atoms with Crippen molar-refractivity contribution in [2.24, 2.45) is 7.05 Å². The largest absolute Gasteiger partial charge is 0.271 e. The molecule has 0 N–H and O–H groups in total. The van der Waals surface area contributed by atoms with Gasteiger partial charge in [0.25, 0.3) is 0 Å². The average Bonchev–Trinajstić information content (AvgIpc) is 2.63. The summed E-state index contributed by atoms with van der Waals surface area (Å²) in [5, 5.41) is 6.12. The van der Waals surface area contributed by atoms with Crippen molar-refractivity contribution in [3.05, 3.63) is 50.7 Å². The molecular weight excluding hydrogens is 391 g/mol. The molecule has 1 aromatic carbocycles. The second kappa shape index (κ2) is 6.42. The molecule has 19 heavy (non-hydrogen) atoms. The van der Waals surface area contributed by atoms with E-state index in [-0.39, 0.29) is 0 Å². The Morgan fingerprint density at radius 1 is 1.32 bits per heavy atom. The van der Waals surface area contributed by atoms with Crippen LogP contribution in [0.2, 0.25) is 5.02 Å². The fourth-order valence-electron chi connectivity index (χ4n) is 2.13. The smallest absolute Gasteiger partial charge is 0.0738 e. The summed E-state index contributed by atoms with van der Waals surface area (Å²) in [6, 6.07) is 8.06. The molecular formula is C14H15Br2ClN2. The first kappa shape index (κ1) is 15.1. The first-order valence-corrected chi connectivity index (χ1v) is 8.31. The molecule has 2 rings (SSSR count). The predicted octanol–water partition coefficient (Wildman–Crippen LogP) is 4.87. The Kier molecular flexibility index (Phi) is 5.09. The molecule has 5 heteroatoms. The highest BCUT2D eigenvalue weighted by atomic mass is 79.9. The van der Waals surface area contributed by atoms with Gasteiger partial charge in [0.05, 0.1) is 15.9 Å². The summed E-state index contributed by atoms with van der Waals surface area (Å²) in [7, 11) is 1.99. The molecule has 1 aromatic heterocycles. The molecule has 0 amide bonds. The van der Waals surface area contributed by atoms with Gasteiger partial charge in [-0.25, -0.2) is 0 Å². The maximum atomic E-state index is 5.94. The van der Waals surface area contributed by atoms with Crippen molar-refractivity contribution in [1.82, 2.24) is 9.78 Å². The SMILES string of the molecule is Cc1nn(C)c(CC(CBr)c2ccc(Cl)cc2)c1Br. The number of benzene rings is 1. The van der Waals surface area contributed by atoms with Crippen LogP contribution in [0.4, 0.5) is 0 Å². The number of halogens is 3. The third kappa shape index (κ3) is 3.41. The lowest BCUT2D eigenvalue weighted by molar-refractivity contribution is 0.659. The van der Waals surface area contributed by atoms with Crippen molar-refractivity contribution in [3.8, 4) is 0 Å². The molecule has 0 aliphatic rings. The van der Waals surface area contributed by atoms with Crippen LogP contribution in [-0.4, -0.2) is 15.1 Å². The van der Waals surface area contributed by atoms with Crippen LogP contribution in [-0.2, 0) is 13.5 Å². The van der Waals surface area contributed by atoms with E-state index in [2.05, 4.69) is 49.1 Å². The van der Waals surface area contributed by atoms with E-state index in [0.29, 0.717) is 5.92 Å². The highest BCUT2D eigenvalue weighted by Crippen LogP contribution is 2.29. The van der Waals surface area contributed by atoms with Crippen LogP contribution in [0.1, 0.15) is 22.9 Å². The Morgan fingerprint density at radius 3 is 2.42 bits per heavy atom. The van der Waals surface area contributed by atoms with Crippen LogP contribution in [0, 0.1) is 6.92 Å². The summed E-state index contributed by atoms with van der Waals surface area (Å²) in [5.74, 6) is 0.406. The first-order chi connectivity index (χ1) is 9.02. The van der Waals surface area contributed by atoms with Crippen molar-refractivity contribution < 1.29 is 0 Å². The molecule has 0 spiro atoms. The van der Waals surface area contributed by atoms with Gasteiger partial charge in [-0.2, -0.15) is 5.10 Å². The van der Waals surface area contributed by atoms with E-state index >= 15 is 0 Å². The van der Waals surface area contributed by atoms with E-state index in [9.17, 15) is 0 Å². The van der Waals surface area contributed by atoms with Crippen LogP contribution in [0.15, 0.2) is 28.7 Å². The Morgan fingerprint density at radius 2 is 1.95 bits per heavy atom. The second-order valence-electron chi connectivity index (χ2n) is 4.58. The summed E-state index contributed by atoms with van der Waals surface area (Å²) >= 11 is 13.2. The van der Waals surface area contributed by atoms with Crippen molar-refractivity contribution >= 4 is 43.5 Å². The summed E-state index contributed by atoms with van der Waals surface area (Å²) in [6.07, 6.45) is 0.935. The van der Waals surface area contributed by atoms with Gasteiger partial charge >= 0.3 is 0 Å². The van der Waals surface area contributed by atoms with E-state index in [4.69, 9.17) is 11.6 Å². The summed E-state index contributed by atoms with van der Waals surface area (Å²) < 4.78 is 3.06. The number of hydrogen-bond acceptors (Lipinski definition) is 1. The summed E-state index contributed by atoms with van der Waals surface area (Å²) in [6.45, 7) is 2.01. The van der Waals surface area contributed by atoms with E-state index in [0.717, 1.165) is 26.9 Å². The summed E-state index contributed by atoms with van der Waals surface area (Å²) in [5.41, 5.74) is 3.53. The quantitative estimate of drug-likeness (QED) is 0.663. The van der Waals surface area contributed by atoms with Crippen molar-refractivity contribution in [1.29, 1.82) is 0 Å². The van der Waals surface area contributed by atoms with Crippen molar-refractivity contribution in [2.45, 2.75) is 19.3 Å². The van der Waals surface area contributed by atoms with Gasteiger partial charge in [-0.1, -0.05) is 39.7 Å². The maximum absolute atomic E-state index is 5.94. The minimum atomic E-state index is 0.406. The Balaban J connectivity index is 2.26. The van der Waals surface area contributed by atoms with Crippen LogP contribution in [0.25, 0.3) is 0 Å².